The fourth-order valence-electron chi connectivity index (χ4n) is 1.32. The summed E-state index contributed by atoms with van der Waals surface area (Å²) in [5, 5.41) is 0. The standard InChI is InChI=1S/C9H7ClO3S/c10-14(11,12)8-5-1-3-7-4-2-6-13-9(7)8/h1-5H,6H2. The highest BCUT2D eigenvalue weighted by atomic mass is 35.7. The van der Waals surface area contributed by atoms with Crippen molar-refractivity contribution >= 4 is 25.8 Å². The Hall–Kier alpha value is -1.00. The van der Waals surface area contributed by atoms with Crippen molar-refractivity contribution in [1.29, 1.82) is 0 Å². The van der Waals surface area contributed by atoms with E-state index in [-0.39, 0.29) is 4.90 Å². The van der Waals surface area contributed by atoms with Gasteiger partial charge in [-0.2, -0.15) is 0 Å². The van der Waals surface area contributed by atoms with Crippen LogP contribution in [0.5, 0.6) is 5.75 Å². The monoisotopic (exact) mass is 230 g/mol. The third-order valence-electron chi connectivity index (χ3n) is 1.89. The summed E-state index contributed by atoms with van der Waals surface area (Å²) in [4.78, 5) is 0.0287. The van der Waals surface area contributed by atoms with Crippen LogP contribution in [0.1, 0.15) is 5.56 Å². The van der Waals surface area contributed by atoms with E-state index in [0.717, 1.165) is 5.56 Å². The van der Waals surface area contributed by atoms with Crippen molar-refractivity contribution in [1.82, 2.24) is 0 Å². The molecule has 0 fully saturated rings. The molecule has 0 aromatic heterocycles. The molecule has 1 aromatic carbocycles. The van der Waals surface area contributed by atoms with Crippen molar-refractivity contribution in [3.63, 3.8) is 0 Å². The highest BCUT2D eigenvalue weighted by Gasteiger charge is 2.19. The lowest BCUT2D eigenvalue weighted by Crippen LogP contribution is -2.04. The zero-order chi connectivity index (χ0) is 10.2. The van der Waals surface area contributed by atoms with Crippen LogP contribution in [0.2, 0.25) is 0 Å². The second kappa shape index (κ2) is 3.29. The fraction of sp³-hybridized carbons (Fsp3) is 0.111. The van der Waals surface area contributed by atoms with Gasteiger partial charge >= 0.3 is 0 Å². The van der Waals surface area contributed by atoms with E-state index in [1.54, 1.807) is 12.1 Å². The van der Waals surface area contributed by atoms with Gasteiger partial charge in [-0.25, -0.2) is 8.42 Å². The summed E-state index contributed by atoms with van der Waals surface area (Å²) in [5.74, 6) is 0.338. The molecule has 0 spiro atoms. The lowest BCUT2D eigenvalue weighted by molar-refractivity contribution is 0.349. The van der Waals surface area contributed by atoms with Gasteiger partial charge in [-0.1, -0.05) is 18.2 Å². The van der Waals surface area contributed by atoms with Crippen LogP contribution in [0.3, 0.4) is 0 Å². The summed E-state index contributed by atoms with van der Waals surface area (Å²) < 4.78 is 27.6. The largest absolute Gasteiger partial charge is 0.487 e. The molecule has 14 heavy (non-hydrogen) atoms. The SMILES string of the molecule is O=S(=O)(Cl)c1cccc2c1OCC=C2. The number of benzene rings is 1. The number of ether oxygens (including phenoxy) is 1. The zero-order valence-electron chi connectivity index (χ0n) is 7.10. The van der Waals surface area contributed by atoms with Gasteiger partial charge in [-0.15, -0.1) is 0 Å². The van der Waals surface area contributed by atoms with Crippen LogP contribution < -0.4 is 4.74 Å². The van der Waals surface area contributed by atoms with Crippen LogP contribution in [0, 0.1) is 0 Å². The molecular formula is C9H7ClO3S. The Morgan fingerprint density at radius 2 is 2.14 bits per heavy atom. The Labute approximate surface area is 86.4 Å². The Morgan fingerprint density at radius 3 is 2.86 bits per heavy atom. The van der Waals surface area contributed by atoms with Crippen molar-refractivity contribution in [3.05, 3.63) is 29.8 Å². The Bertz CT molecular complexity index is 491. The van der Waals surface area contributed by atoms with Crippen molar-refractivity contribution in [2.45, 2.75) is 4.90 Å². The van der Waals surface area contributed by atoms with Gasteiger partial charge in [-0.05, 0) is 12.1 Å². The van der Waals surface area contributed by atoms with Gasteiger partial charge in [0.25, 0.3) is 9.05 Å². The number of para-hydroxylation sites is 1. The quantitative estimate of drug-likeness (QED) is 0.694. The molecule has 0 aliphatic carbocycles. The molecule has 1 aliphatic heterocycles. The summed E-state index contributed by atoms with van der Waals surface area (Å²) in [6.07, 6.45) is 3.62. The van der Waals surface area contributed by atoms with Crippen LogP contribution >= 0.6 is 10.7 Å². The molecule has 0 radical (unpaired) electrons. The molecule has 1 heterocycles. The average molecular weight is 231 g/mol. The first kappa shape index (κ1) is 9.55. The molecule has 0 N–H and O–H groups in total. The van der Waals surface area contributed by atoms with Crippen molar-refractivity contribution in [3.8, 4) is 5.75 Å². The predicted molar refractivity (Wildman–Crippen MR) is 54.0 cm³/mol. The number of hydrogen-bond donors (Lipinski definition) is 0. The molecule has 2 rings (SSSR count). The maximum Gasteiger partial charge on any atom is 0.265 e. The molecule has 0 bridgehead atoms. The van der Waals surface area contributed by atoms with Gasteiger partial charge < -0.3 is 4.74 Å². The average Bonchev–Trinajstić information content (AvgIpc) is 2.15. The third-order valence-corrected chi connectivity index (χ3v) is 3.24. The molecule has 0 amide bonds. The van der Waals surface area contributed by atoms with Crippen molar-refractivity contribution < 1.29 is 13.2 Å². The van der Waals surface area contributed by atoms with E-state index in [1.807, 2.05) is 12.2 Å². The molecule has 74 valence electrons. The van der Waals surface area contributed by atoms with Crippen LogP contribution in [0.4, 0.5) is 0 Å². The first-order valence-electron chi connectivity index (χ1n) is 3.96. The molecule has 0 saturated carbocycles. The third kappa shape index (κ3) is 1.63. The normalized spacial score (nSPS) is 14.6. The highest BCUT2D eigenvalue weighted by molar-refractivity contribution is 8.13. The Kier molecular flexibility index (Phi) is 2.25. The van der Waals surface area contributed by atoms with Gasteiger partial charge in [0.2, 0.25) is 0 Å². The maximum absolute atomic E-state index is 11.2. The van der Waals surface area contributed by atoms with E-state index in [4.69, 9.17) is 15.4 Å². The van der Waals surface area contributed by atoms with E-state index in [2.05, 4.69) is 0 Å². The van der Waals surface area contributed by atoms with E-state index >= 15 is 0 Å². The molecular weight excluding hydrogens is 224 g/mol. The van der Waals surface area contributed by atoms with Gasteiger partial charge in [0, 0.05) is 16.2 Å². The first-order chi connectivity index (χ1) is 6.59. The number of hydrogen-bond acceptors (Lipinski definition) is 3. The summed E-state index contributed by atoms with van der Waals surface area (Å²) in [5.41, 5.74) is 0.734. The van der Waals surface area contributed by atoms with Gasteiger partial charge in [0.1, 0.15) is 17.3 Å². The summed E-state index contributed by atoms with van der Waals surface area (Å²) >= 11 is 0. The fourth-order valence-corrected chi connectivity index (χ4v) is 2.32. The summed E-state index contributed by atoms with van der Waals surface area (Å²) in [6.45, 7) is 0.371. The topological polar surface area (TPSA) is 43.4 Å². The van der Waals surface area contributed by atoms with E-state index in [0.29, 0.717) is 12.4 Å². The van der Waals surface area contributed by atoms with Crippen molar-refractivity contribution in [2.24, 2.45) is 0 Å². The van der Waals surface area contributed by atoms with Gasteiger partial charge in [0.15, 0.2) is 0 Å². The van der Waals surface area contributed by atoms with Crippen molar-refractivity contribution in [2.75, 3.05) is 6.61 Å². The van der Waals surface area contributed by atoms with Crippen LogP contribution in [-0.4, -0.2) is 15.0 Å². The lowest BCUT2D eigenvalue weighted by Gasteiger charge is -2.14. The molecule has 0 atom stereocenters. The molecule has 0 unspecified atom stereocenters. The van der Waals surface area contributed by atoms with Gasteiger partial charge in [-0.3, -0.25) is 0 Å². The van der Waals surface area contributed by atoms with Crippen LogP contribution in [0.15, 0.2) is 29.2 Å². The molecule has 3 nitrogen and oxygen atoms in total. The van der Waals surface area contributed by atoms with Crippen LogP contribution in [0.25, 0.3) is 6.08 Å². The number of halogens is 1. The Morgan fingerprint density at radius 1 is 1.36 bits per heavy atom. The lowest BCUT2D eigenvalue weighted by atomic mass is 10.1. The summed E-state index contributed by atoms with van der Waals surface area (Å²) in [7, 11) is 1.53. The maximum atomic E-state index is 11.2. The smallest absolute Gasteiger partial charge is 0.265 e. The minimum absolute atomic E-state index is 0.0287. The number of rotatable bonds is 1. The van der Waals surface area contributed by atoms with Gasteiger partial charge in [0.05, 0.1) is 0 Å². The minimum atomic E-state index is -3.73. The molecule has 1 aromatic rings. The summed E-state index contributed by atoms with van der Waals surface area (Å²) in [6, 6.07) is 4.84. The molecule has 1 aliphatic rings. The predicted octanol–water partition coefficient (Wildman–Crippen LogP) is 2.02. The second-order valence-electron chi connectivity index (χ2n) is 2.83. The second-order valence-corrected chi connectivity index (χ2v) is 5.36. The first-order valence-corrected chi connectivity index (χ1v) is 6.27. The van der Waals surface area contributed by atoms with E-state index < -0.39 is 9.05 Å². The van der Waals surface area contributed by atoms with Crippen LogP contribution in [-0.2, 0) is 9.05 Å². The highest BCUT2D eigenvalue weighted by Crippen LogP contribution is 2.33. The molecule has 0 saturated heterocycles. The zero-order valence-corrected chi connectivity index (χ0v) is 8.68. The molecule has 5 heteroatoms. The van der Waals surface area contributed by atoms with E-state index in [1.165, 1.54) is 6.07 Å². The number of fused-ring (bicyclic) bond motifs is 1. The Balaban J connectivity index is 2.69. The minimum Gasteiger partial charge on any atom is -0.487 e. The van der Waals surface area contributed by atoms with E-state index in [9.17, 15) is 8.42 Å².